The van der Waals surface area contributed by atoms with E-state index in [0.717, 1.165) is 0 Å². The van der Waals surface area contributed by atoms with Crippen LogP contribution in [0.25, 0.3) is 0 Å². The summed E-state index contributed by atoms with van der Waals surface area (Å²) in [7, 11) is 1.59. The first kappa shape index (κ1) is 28.1. The molecule has 12 unspecified atom stereocenters. The summed E-state index contributed by atoms with van der Waals surface area (Å²) in [5.41, 5.74) is 22.1. The molecule has 1 aliphatic carbocycles. The van der Waals surface area contributed by atoms with Crippen LogP contribution in [0.5, 0.6) is 0 Å². The van der Waals surface area contributed by atoms with Gasteiger partial charge in [0.2, 0.25) is 0 Å². The highest BCUT2D eigenvalue weighted by atomic mass is 16.7. The second-order valence-electron chi connectivity index (χ2n) is 10.3. The Morgan fingerprint density at radius 2 is 1.79 bits per heavy atom. The molecule has 3 rings (SSSR count). The van der Waals surface area contributed by atoms with Crippen LogP contribution in [0.3, 0.4) is 0 Å². The Kier molecular flexibility index (Phi) is 8.95. The van der Waals surface area contributed by atoms with Crippen LogP contribution in [0.2, 0.25) is 0 Å². The van der Waals surface area contributed by atoms with Gasteiger partial charge in [0, 0.05) is 12.1 Å². The van der Waals surface area contributed by atoms with Gasteiger partial charge >= 0.3 is 0 Å². The Balaban J connectivity index is 1.78. The minimum atomic E-state index is -1.44. The Bertz CT molecular complexity index is 675. The lowest BCUT2D eigenvalue weighted by Gasteiger charge is -2.52. The molecule has 13 atom stereocenters. The Labute approximate surface area is 200 Å². The van der Waals surface area contributed by atoms with E-state index in [1.54, 1.807) is 7.05 Å². The molecule has 2 aliphatic heterocycles. The quantitative estimate of drug-likeness (QED) is 0.164. The van der Waals surface area contributed by atoms with Crippen LogP contribution in [0.15, 0.2) is 0 Å². The maximum atomic E-state index is 11.3. The number of rotatable bonds is 7. The van der Waals surface area contributed by atoms with Crippen molar-refractivity contribution in [2.45, 2.75) is 112 Å². The van der Waals surface area contributed by atoms with Crippen LogP contribution in [-0.2, 0) is 18.9 Å². The van der Waals surface area contributed by atoms with E-state index in [9.17, 15) is 20.4 Å². The molecule has 3 aliphatic rings. The normalized spacial score (nSPS) is 51.3. The summed E-state index contributed by atoms with van der Waals surface area (Å²) in [4.78, 5) is 0. The van der Waals surface area contributed by atoms with Crippen LogP contribution < -0.4 is 28.3 Å². The third-order valence-electron chi connectivity index (χ3n) is 7.29. The molecule has 0 aromatic rings. The van der Waals surface area contributed by atoms with E-state index in [0.29, 0.717) is 12.8 Å². The largest absolute Gasteiger partial charge is 0.394 e. The van der Waals surface area contributed by atoms with E-state index in [4.69, 9.17) is 41.9 Å². The lowest BCUT2D eigenvalue weighted by Crippen LogP contribution is -2.73. The molecule has 13 heteroatoms. The Hall–Kier alpha value is -0.520. The first-order valence-electron chi connectivity index (χ1n) is 11.8. The zero-order valence-electron chi connectivity index (χ0n) is 20.1. The molecular formula is C21H43N5O8. The summed E-state index contributed by atoms with van der Waals surface area (Å²) in [5.74, 6) is 0. The van der Waals surface area contributed by atoms with Crippen molar-refractivity contribution in [2.24, 2.45) is 22.9 Å². The van der Waals surface area contributed by atoms with Gasteiger partial charge in [0.15, 0.2) is 12.6 Å². The molecule has 34 heavy (non-hydrogen) atoms. The molecule has 0 amide bonds. The van der Waals surface area contributed by atoms with Gasteiger partial charge < -0.3 is 67.6 Å². The van der Waals surface area contributed by atoms with Crippen LogP contribution in [-0.4, -0.2) is 119 Å². The highest BCUT2D eigenvalue weighted by molar-refractivity contribution is 5.09. The number of ether oxygens (including phenoxy) is 4. The van der Waals surface area contributed by atoms with Gasteiger partial charge in [-0.1, -0.05) is 0 Å². The van der Waals surface area contributed by atoms with Gasteiger partial charge in [-0.05, 0) is 40.2 Å². The van der Waals surface area contributed by atoms with Gasteiger partial charge in [0.1, 0.15) is 30.0 Å². The fourth-order valence-electron chi connectivity index (χ4n) is 5.21. The number of nitrogens with one attached hydrogen (secondary N) is 1. The predicted octanol–water partition coefficient (Wildman–Crippen LogP) is -4.23. The first-order valence-corrected chi connectivity index (χ1v) is 11.8. The summed E-state index contributed by atoms with van der Waals surface area (Å²) >= 11 is 0. The van der Waals surface area contributed by atoms with Gasteiger partial charge in [0.05, 0.1) is 36.9 Å². The third-order valence-corrected chi connectivity index (χ3v) is 7.29. The predicted molar refractivity (Wildman–Crippen MR) is 121 cm³/mol. The highest BCUT2D eigenvalue weighted by Crippen LogP contribution is 2.35. The average molecular weight is 494 g/mol. The summed E-state index contributed by atoms with van der Waals surface area (Å²) in [6.45, 7) is 2.68. The molecule has 3 fully saturated rings. The molecule has 200 valence electrons. The standard InChI is InChI=1S/C21H43N5O8/c1-9(22)12-5-4-10(23)18(32-12)33-15-11(24)6-21(25,7-27)17(13(15)28)34-19-14(29)16(26-3)20(2,30)8-31-19/h9-19,26-30H,4-8,22-25H2,1-3H3/t9-,10?,11?,12?,13?,14?,15?,16?,17?,18?,19?,20?,21?/m1/s1. The van der Waals surface area contributed by atoms with Crippen molar-refractivity contribution in [2.75, 3.05) is 20.3 Å². The van der Waals surface area contributed by atoms with Crippen molar-refractivity contribution in [3.8, 4) is 0 Å². The second-order valence-corrected chi connectivity index (χ2v) is 10.3. The molecular weight excluding hydrogens is 450 g/mol. The zero-order valence-corrected chi connectivity index (χ0v) is 20.1. The van der Waals surface area contributed by atoms with E-state index < -0.39 is 72.9 Å². The van der Waals surface area contributed by atoms with E-state index >= 15 is 0 Å². The molecule has 13 nitrogen and oxygen atoms in total. The van der Waals surface area contributed by atoms with Gasteiger partial charge in [0.25, 0.3) is 0 Å². The smallest absolute Gasteiger partial charge is 0.185 e. The molecule has 2 saturated heterocycles. The Morgan fingerprint density at radius 3 is 2.38 bits per heavy atom. The summed E-state index contributed by atoms with van der Waals surface area (Å²) in [6.07, 6.45) is -5.88. The Morgan fingerprint density at radius 1 is 1.12 bits per heavy atom. The van der Waals surface area contributed by atoms with E-state index in [-0.39, 0.29) is 25.2 Å². The van der Waals surface area contributed by atoms with Gasteiger partial charge in [-0.2, -0.15) is 0 Å². The van der Waals surface area contributed by atoms with E-state index in [1.165, 1.54) is 6.92 Å². The minimum Gasteiger partial charge on any atom is -0.394 e. The molecule has 0 spiro atoms. The van der Waals surface area contributed by atoms with E-state index in [2.05, 4.69) is 5.32 Å². The lowest BCUT2D eigenvalue weighted by atomic mass is 9.74. The van der Waals surface area contributed by atoms with Crippen LogP contribution >= 0.6 is 0 Å². The summed E-state index contributed by atoms with van der Waals surface area (Å²) in [6, 6.07) is -2.21. The SMILES string of the molecule is CNC1C(O)C(OC2C(O)C(OC3OC([C@@H](C)N)CCC3N)C(N)CC2(N)CO)OCC1(C)O. The maximum Gasteiger partial charge on any atom is 0.185 e. The number of nitrogens with two attached hydrogens (primary N) is 4. The second kappa shape index (κ2) is 10.8. The molecule has 0 bridgehead atoms. The van der Waals surface area contributed by atoms with Crippen molar-refractivity contribution in [1.29, 1.82) is 0 Å². The summed E-state index contributed by atoms with van der Waals surface area (Å²) in [5, 5.41) is 45.4. The molecule has 13 N–H and O–H groups in total. The van der Waals surface area contributed by atoms with Crippen molar-refractivity contribution in [3.05, 3.63) is 0 Å². The fraction of sp³-hybridized carbons (Fsp3) is 1.00. The zero-order chi connectivity index (χ0) is 25.4. The summed E-state index contributed by atoms with van der Waals surface area (Å²) < 4.78 is 23.5. The topological polar surface area (TPSA) is 234 Å². The number of likely N-dealkylation sites (N-methyl/N-ethyl adjacent to an activating group) is 1. The van der Waals surface area contributed by atoms with E-state index in [1.807, 2.05) is 6.92 Å². The number of aliphatic hydroxyl groups excluding tert-OH is 3. The van der Waals surface area contributed by atoms with Gasteiger partial charge in [-0.15, -0.1) is 0 Å². The molecule has 0 radical (unpaired) electrons. The van der Waals surface area contributed by atoms with Crippen molar-refractivity contribution in [3.63, 3.8) is 0 Å². The van der Waals surface area contributed by atoms with Crippen molar-refractivity contribution >= 4 is 0 Å². The molecule has 1 saturated carbocycles. The highest BCUT2D eigenvalue weighted by Gasteiger charge is 2.55. The first-order chi connectivity index (χ1) is 15.8. The fourth-order valence-corrected chi connectivity index (χ4v) is 5.21. The van der Waals surface area contributed by atoms with Crippen molar-refractivity contribution in [1.82, 2.24) is 5.32 Å². The molecule has 2 heterocycles. The van der Waals surface area contributed by atoms with Crippen LogP contribution in [0, 0.1) is 0 Å². The lowest BCUT2D eigenvalue weighted by molar-refractivity contribution is -0.315. The number of hydrogen-bond donors (Lipinski definition) is 9. The van der Waals surface area contributed by atoms with Crippen molar-refractivity contribution < 1.29 is 39.4 Å². The third kappa shape index (κ3) is 5.57. The molecule has 0 aromatic carbocycles. The monoisotopic (exact) mass is 493 g/mol. The van der Waals surface area contributed by atoms with Gasteiger partial charge in [-0.25, -0.2) is 0 Å². The average Bonchev–Trinajstić information content (AvgIpc) is 2.76. The number of aliphatic hydroxyl groups is 4. The number of hydrogen-bond acceptors (Lipinski definition) is 13. The maximum absolute atomic E-state index is 11.3. The van der Waals surface area contributed by atoms with Crippen LogP contribution in [0.4, 0.5) is 0 Å². The minimum absolute atomic E-state index is 0.0462. The van der Waals surface area contributed by atoms with Crippen LogP contribution in [0.1, 0.15) is 33.1 Å². The molecule has 0 aromatic heterocycles. The van der Waals surface area contributed by atoms with Gasteiger partial charge in [-0.3, -0.25) is 0 Å².